The predicted octanol–water partition coefficient (Wildman–Crippen LogP) is 4.12. The van der Waals surface area contributed by atoms with Crippen LogP contribution in [0.4, 0.5) is 11.5 Å². The molecule has 0 radical (unpaired) electrons. The molecule has 1 aliphatic heterocycles. The Labute approximate surface area is 192 Å². The van der Waals surface area contributed by atoms with Crippen molar-refractivity contribution in [2.75, 3.05) is 29.9 Å². The molecule has 0 N–H and O–H groups in total. The Hall–Kier alpha value is -3.00. The summed E-state index contributed by atoms with van der Waals surface area (Å²) in [5.41, 5.74) is 1.99. The van der Waals surface area contributed by atoms with Crippen LogP contribution in [0.2, 0.25) is 0 Å². The van der Waals surface area contributed by atoms with Crippen LogP contribution in [0.3, 0.4) is 0 Å². The number of nitrogens with zero attached hydrogens (tertiary/aromatic N) is 4. The molecule has 0 bridgehead atoms. The van der Waals surface area contributed by atoms with Crippen molar-refractivity contribution in [3.05, 3.63) is 47.1 Å². The van der Waals surface area contributed by atoms with Crippen molar-refractivity contribution in [3.8, 4) is 0 Å². The Morgan fingerprint density at radius 1 is 1.16 bits per heavy atom. The van der Waals surface area contributed by atoms with E-state index in [1.807, 2.05) is 30.3 Å². The average Bonchev–Trinajstić information content (AvgIpc) is 3.12. The van der Waals surface area contributed by atoms with Gasteiger partial charge in [0.15, 0.2) is 6.10 Å². The van der Waals surface area contributed by atoms with Crippen LogP contribution in [0.5, 0.6) is 0 Å². The van der Waals surface area contributed by atoms with E-state index >= 15 is 0 Å². The number of amides is 1. The maximum Gasteiger partial charge on any atom is 0.309 e. The number of ether oxygens (including phenoxy) is 1. The van der Waals surface area contributed by atoms with Gasteiger partial charge in [-0.15, -0.1) is 11.3 Å². The molecule has 8 heteroatoms. The first kappa shape index (κ1) is 22.2. The molecule has 1 fully saturated rings. The molecule has 1 unspecified atom stereocenters. The number of fused-ring (bicyclic) bond motifs is 1. The average molecular weight is 453 g/mol. The van der Waals surface area contributed by atoms with Crippen molar-refractivity contribution in [1.29, 1.82) is 0 Å². The predicted molar refractivity (Wildman–Crippen MR) is 127 cm³/mol. The molecule has 168 valence electrons. The fourth-order valence-electron chi connectivity index (χ4n) is 4.10. The lowest BCUT2D eigenvalue weighted by Gasteiger charge is -2.32. The molecule has 32 heavy (non-hydrogen) atoms. The number of thiophene rings is 1. The molecule has 0 spiro atoms. The third-order valence-electron chi connectivity index (χ3n) is 6.19. The zero-order valence-corrected chi connectivity index (χ0v) is 19.7. The number of hydrogen-bond acceptors (Lipinski definition) is 7. The number of benzene rings is 1. The molecule has 1 aromatic carbocycles. The molecule has 4 rings (SSSR count). The van der Waals surface area contributed by atoms with Gasteiger partial charge in [0.1, 0.15) is 17.0 Å². The van der Waals surface area contributed by atoms with Crippen LogP contribution in [0.1, 0.15) is 30.2 Å². The van der Waals surface area contributed by atoms with Crippen LogP contribution in [-0.4, -0.2) is 48.1 Å². The lowest BCUT2D eigenvalue weighted by molar-refractivity contribution is -0.158. The quantitative estimate of drug-likeness (QED) is 0.542. The summed E-state index contributed by atoms with van der Waals surface area (Å²) in [6, 6.07) is 9.33. The van der Waals surface area contributed by atoms with E-state index in [-0.39, 0.29) is 17.8 Å². The molecular formula is C24H28N4O3S. The van der Waals surface area contributed by atoms with Crippen LogP contribution in [0.15, 0.2) is 36.7 Å². The lowest BCUT2D eigenvalue weighted by atomic mass is 9.96. The standard InChI is InChI=1S/C24H28N4O3S/c1-15-17(3)32-22-20(15)21(25-14-26-22)28-12-10-18(11-13-28)24(30)31-16(2)23(29)27(4)19-8-6-5-7-9-19/h5-9,14,16,18H,10-13H2,1-4H3. The summed E-state index contributed by atoms with van der Waals surface area (Å²) >= 11 is 1.68. The first-order valence-electron chi connectivity index (χ1n) is 10.9. The van der Waals surface area contributed by atoms with Crippen LogP contribution < -0.4 is 9.80 Å². The second-order valence-corrected chi connectivity index (χ2v) is 9.44. The fourth-order valence-corrected chi connectivity index (χ4v) is 5.09. The van der Waals surface area contributed by atoms with Crippen molar-refractivity contribution in [2.45, 2.75) is 39.7 Å². The second-order valence-electron chi connectivity index (χ2n) is 8.23. The minimum atomic E-state index is -0.830. The van der Waals surface area contributed by atoms with E-state index in [1.165, 1.54) is 15.3 Å². The monoisotopic (exact) mass is 452 g/mol. The number of rotatable bonds is 5. The van der Waals surface area contributed by atoms with E-state index in [4.69, 9.17) is 4.74 Å². The van der Waals surface area contributed by atoms with Gasteiger partial charge in [0, 0.05) is 30.7 Å². The largest absolute Gasteiger partial charge is 0.452 e. The second kappa shape index (κ2) is 9.24. The van der Waals surface area contributed by atoms with E-state index in [1.54, 1.807) is 31.6 Å². The van der Waals surface area contributed by atoms with Crippen molar-refractivity contribution in [1.82, 2.24) is 9.97 Å². The number of piperidine rings is 1. The summed E-state index contributed by atoms with van der Waals surface area (Å²) < 4.78 is 5.56. The SMILES string of the molecule is Cc1sc2ncnc(N3CCC(C(=O)OC(C)C(=O)N(C)c4ccccc4)CC3)c2c1C. The Morgan fingerprint density at radius 3 is 2.53 bits per heavy atom. The topological polar surface area (TPSA) is 75.6 Å². The molecule has 0 aliphatic carbocycles. The molecule has 1 aliphatic rings. The van der Waals surface area contributed by atoms with Gasteiger partial charge in [-0.2, -0.15) is 0 Å². The molecular weight excluding hydrogens is 424 g/mol. The highest BCUT2D eigenvalue weighted by Crippen LogP contribution is 2.35. The van der Waals surface area contributed by atoms with E-state index in [0.29, 0.717) is 25.9 Å². The van der Waals surface area contributed by atoms with Gasteiger partial charge in [-0.3, -0.25) is 9.59 Å². The van der Waals surface area contributed by atoms with E-state index in [0.717, 1.165) is 21.7 Å². The highest BCUT2D eigenvalue weighted by Gasteiger charge is 2.31. The maximum atomic E-state index is 12.7. The van der Waals surface area contributed by atoms with Gasteiger partial charge >= 0.3 is 5.97 Å². The number of esters is 1. The van der Waals surface area contributed by atoms with Gasteiger partial charge in [0.05, 0.1) is 11.3 Å². The highest BCUT2D eigenvalue weighted by atomic mass is 32.1. The normalized spacial score (nSPS) is 15.6. The summed E-state index contributed by atoms with van der Waals surface area (Å²) in [5, 5.41) is 1.11. The molecule has 2 aromatic heterocycles. The Bertz CT molecular complexity index is 1120. The lowest BCUT2D eigenvalue weighted by Crippen LogP contribution is -2.41. The van der Waals surface area contributed by atoms with Crippen molar-refractivity contribution >= 4 is 44.9 Å². The Morgan fingerprint density at radius 2 is 1.84 bits per heavy atom. The van der Waals surface area contributed by atoms with Crippen molar-refractivity contribution < 1.29 is 14.3 Å². The van der Waals surface area contributed by atoms with Gasteiger partial charge in [-0.1, -0.05) is 18.2 Å². The maximum absolute atomic E-state index is 12.7. The van der Waals surface area contributed by atoms with Gasteiger partial charge in [0.25, 0.3) is 5.91 Å². The number of carbonyl (C=O) groups excluding carboxylic acids is 2. The third-order valence-corrected chi connectivity index (χ3v) is 7.30. The molecule has 0 saturated carbocycles. The summed E-state index contributed by atoms with van der Waals surface area (Å²) in [6.45, 7) is 7.27. The molecule has 7 nitrogen and oxygen atoms in total. The number of anilines is 2. The van der Waals surface area contributed by atoms with Crippen LogP contribution in [0.25, 0.3) is 10.2 Å². The van der Waals surface area contributed by atoms with Gasteiger partial charge in [0.2, 0.25) is 0 Å². The van der Waals surface area contributed by atoms with Gasteiger partial charge < -0.3 is 14.5 Å². The molecule has 3 heterocycles. The molecule has 1 saturated heterocycles. The number of hydrogen-bond donors (Lipinski definition) is 0. The number of aryl methyl sites for hydroxylation is 2. The van der Waals surface area contributed by atoms with Crippen molar-refractivity contribution in [3.63, 3.8) is 0 Å². The zero-order valence-electron chi connectivity index (χ0n) is 18.9. The van der Waals surface area contributed by atoms with E-state index in [2.05, 4.69) is 28.7 Å². The number of para-hydroxylation sites is 1. The van der Waals surface area contributed by atoms with E-state index in [9.17, 15) is 9.59 Å². The van der Waals surface area contributed by atoms with Gasteiger partial charge in [-0.25, -0.2) is 9.97 Å². The minimum absolute atomic E-state index is 0.217. The highest BCUT2D eigenvalue weighted by molar-refractivity contribution is 7.18. The third kappa shape index (κ3) is 4.32. The smallest absolute Gasteiger partial charge is 0.309 e. The van der Waals surface area contributed by atoms with Crippen LogP contribution in [-0.2, 0) is 14.3 Å². The zero-order chi connectivity index (χ0) is 22.8. The summed E-state index contributed by atoms with van der Waals surface area (Å²) in [7, 11) is 1.69. The van der Waals surface area contributed by atoms with Crippen molar-refractivity contribution in [2.24, 2.45) is 5.92 Å². The Balaban J connectivity index is 1.36. The minimum Gasteiger partial charge on any atom is -0.452 e. The van der Waals surface area contributed by atoms with Gasteiger partial charge in [-0.05, 0) is 51.3 Å². The summed E-state index contributed by atoms with van der Waals surface area (Å²) in [6.07, 6.45) is 2.12. The van der Waals surface area contributed by atoms with E-state index < -0.39 is 6.10 Å². The van der Waals surface area contributed by atoms with Crippen LogP contribution in [0, 0.1) is 19.8 Å². The number of aromatic nitrogens is 2. The summed E-state index contributed by atoms with van der Waals surface area (Å²) in [4.78, 5) is 40.4. The molecule has 1 atom stereocenters. The molecule has 3 aromatic rings. The number of likely N-dealkylation sites (N-methyl/N-ethyl adjacent to an activating group) is 1. The fraction of sp³-hybridized carbons (Fsp3) is 0.417. The first-order chi connectivity index (χ1) is 15.4. The Kier molecular flexibility index (Phi) is 6.41. The first-order valence-corrected chi connectivity index (χ1v) is 11.7. The van der Waals surface area contributed by atoms with Crippen LogP contribution >= 0.6 is 11.3 Å². The number of carbonyl (C=O) groups is 2. The molecule has 1 amide bonds. The summed E-state index contributed by atoms with van der Waals surface area (Å²) in [5.74, 6) is 0.180.